The zero-order chi connectivity index (χ0) is 15.0. The van der Waals surface area contributed by atoms with Crippen molar-refractivity contribution in [2.45, 2.75) is 45.3 Å². The van der Waals surface area contributed by atoms with E-state index in [4.69, 9.17) is 0 Å². The lowest BCUT2D eigenvalue weighted by Crippen LogP contribution is -2.51. The van der Waals surface area contributed by atoms with Crippen LogP contribution in [0.4, 0.5) is 0 Å². The zero-order valence-corrected chi connectivity index (χ0v) is 13.3. The third kappa shape index (κ3) is 2.80. The van der Waals surface area contributed by atoms with Crippen LogP contribution < -0.4 is 5.32 Å². The van der Waals surface area contributed by atoms with Crippen LogP contribution in [0, 0.1) is 5.92 Å². The molecule has 21 heavy (non-hydrogen) atoms. The van der Waals surface area contributed by atoms with Gasteiger partial charge in [0.15, 0.2) is 11.5 Å². The van der Waals surface area contributed by atoms with Crippen molar-refractivity contribution in [1.82, 2.24) is 24.8 Å². The van der Waals surface area contributed by atoms with Crippen LogP contribution in [0.1, 0.15) is 39.1 Å². The van der Waals surface area contributed by atoms with Crippen molar-refractivity contribution in [3.63, 3.8) is 0 Å². The Balaban J connectivity index is 1.75. The molecule has 3 rings (SSSR count). The molecule has 5 nitrogen and oxygen atoms in total. The van der Waals surface area contributed by atoms with E-state index >= 15 is 0 Å². The monoisotopic (exact) mass is 287 g/mol. The minimum absolute atomic E-state index is 0.199. The average Bonchev–Trinajstić information content (AvgIpc) is 2.88. The van der Waals surface area contributed by atoms with Gasteiger partial charge in [0.25, 0.3) is 0 Å². The molecule has 2 aromatic rings. The highest BCUT2D eigenvalue weighted by atomic mass is 15.3. The van der Waals surface area contributed by atoms with Crippen molar-refractivity contribution in [3.8, 4) is 0 Å². The second-order valence-electron chi connectivity index (χ2n) is 6.48. The maximum atomic E-state index is 4.36. The Labute approximate surface area is 126 Å². The molecule has 2 aromatic heterocycles. The largest absolute Gasteiger partial charge is 0.304 e. The van der Waals surface area contributed by atoms with Gasteiger partial charge in [0.05, 0.1) is 6.04 Å². The molecule has 0 amide bonds. The number of hydrogen-bond donors (Lipinski definition) is 1. The van der Waals surface area contributed by atoms with E-state index in [0.29, 0.717) is 18.0 Å². The van der Waals surface area contributed by atoms with Crippen LogP contribution in [0.15, 0.2) is 24.4 Å². The second-order valence-corrected chi connectivity index (χ2v) is 6.48. The van der Waals surface area contributed by atoms with Gasteiger partial charge in [-0.05, 0) is 45.4 Å². The number of hydrogen-bond acceptors (Lipinski definition) is 4. The summed E-state index contributed by atoms with van der Waals surface area (Å²) in [5.74, 6) is 1.64. The maximum absolute atomic E-state index is 4.36. The topological polar surface area (TPSA) is 45.5 Å². The van der Waals surface area contributed by atoms with Gasteiger partial charge >= 0.3 is 0 Å². The molecule has 1 aliphatic heterocycles. The first-order valence-electron chi connectivity index (χ1n) is 7.82. The number of likely N-dealkylation sites (tertiary alicyclic amines) is 1. The molecule has 1 N–H and O–H groups in total. The Morgan fingerprint density at radius 1 is 1.29 bits per heavy atom. The smallest absolute Gasteiger partial charge is 0.160 e. The fourth-order valence-corrected chi connectivity index (χ4v) is 3.32. The van der Waals surface area contributed by atoms with E-state index in [0.717, 1.165) is 18.0 Å². The molecule has 0 spiro atoms. The maximum Gasteiger partial charge on any atom is 0.160 e. The second kappa shape index (κ2) is 5.73. The molecule has 4 atom stereocenters. The summed E-state index contributed by atoms with van der Waals surface area (Å²) in [4.78, 5) is 2.44. The Bertz CT molecular complexity index is 607. The summed E-state index contributed by atoms with van der Waals surface area (Å²) < 4.78 is 2.07. The molecule has 5 heteroatoms. The van der Waals surface area contributed by atoms with Crippen LogP contribution in [-0.2, 0) is 0 Å². The van der Waals surface area contributed by atoms with Crippen LogP contribution in [0.5, 0.6) is 0 Å². The van der Waals surface area contributed by atoms with Crippen LogP contribution >= 0.6 is 0 Å². The van der Waals surface area contributed by atoms with Crippen molar-refractivity contribution in [3.05, 3.63) is 30.2 Å². The van der Waals surface area contributed by atoms with E-state index in [-0.39, 0.29) is 6.04 Å². The first-order chi connectivity index (χ1) is 10.1. The van der Waals surface area contributed by atoms with Crippen LogP contribution in [-0.4, -0.2) is 45.2 Å². The summed E-state index contributed by atoms with van der Waals surface area (Å²) >= 11 is 0. The summed E-state index contributed by atoms with van der Waals surface area (Å²) in [5, 5.41) is 12.4. The van der Waals surface area contributed by atoms with E-state index < -0.39 is 0 Å². The Hall–Kier alpha value is -1.46. The molecule has 1 fully saturated rings. The normalized spacial score (nSPS) is 28.9. The molecule has 1 aliphatic rings. The lowest BCUT2D eigenvalue weighted by atomic mass is 9.89. The summed E-state index contributed by atoms with van der Waals surface area (Å²) in [5.41, 5.74) is 0.908. The lowest BCUT2D eigenvalue weighted by molar-refractivity contribution is 0.116. The van der Waals surface area contributed by atoms with E-state index in [2.05, 4.69) is 52.6 Å². The minimum Gasteiger partial charge on any atom is -0.304 e. The van der Waals surface area contributed by atoms with Crippen LogP contribution in [0.3, 0.4) is 0 Å². The first kappa shape index (κ1) is 14.5. The molecule has 0 aliphatic carbocycles. The van der Waals surface area contributed by atoms with Crippen LogP contribution in [0.2, 0.25) is 0 Å². The van der Waals surface area contributed by atoms with Crippen molar-refractivity contribution >= 4 is 5.65 Å². The highest BCUT2D eigenvalue weighted by molar-refractivity contribution is 5.37. The van der Waals surface area contributed by atoms with Gasteiger partial charge in [-0.25, -0.2) is 0 Å². The molecule has 3 heterocycles. The third-order valence-corrected chi connectivity index (χ3v) is 4.80. The molecule has 4 unspecified atom stereocenters. The third-order valence-electron chi connectivity index (χ3n) is 4.80. The fourth-order valence-electron chi connectivity index (χ4n) is 3.32. The molecular weight excluding hydrogens is 262 g/mol. The molecule has 0 aromatic carbocycles. The van der Waals surface area contributed by atoms with Crippen molar-refractivity contribution in [1.29, 1.82) is 0 Å². The van der Waals surface area contributed by atoms with Crippen LogP contribution in [0.25, 0.3) is 5.65 Å². The number of rotatable bonds is 3. The predicted molar refractivity (Wildman–Crippen MR) is 84.2 cm³/mol. The highest BCUT2D eigenvalue weighted by Crippen LogP contribution is 2.23. The first-order valence-corrected chi connectivity index (χ1v) is 7.82. The van der Waals surface area contributed by atoms with Crippen molar-refractivity contribution in [2.75, 3.05) is 13.6 Å². The van der Waals surface area contributed by atoms with Gasteiger partial charge in [0.1, 0.15) is 0 Å². The Kier molecular flexibility index (Phi) is 3.95. The molecule has 114 valence electrons. The van der Waals surface area contributed by atoms with E-state index in [1.807, 2.05) is 24.4 Å². The quantitative estimate of drug-likeness (QED) is 0.939. The van der Waals surface area contributed by atoms with Gasteiger partial charge in [-0.1, -0.05) is 13.0 Å². The fraction of sp³-hybridized carbons (Fsp3) is 0.625. The Morgan fingerprint density at radius 3 is 2.90 bits per heavy atom. The molecule has 0 bridgehead atoms. The summed E-state index contributed by atoms with van der Waals surface area (Å²) in [6, 6.07) is 7.36. The van der Waals surface area contributed by atoms with Crippen molar-refractivity contribution in [2.24, 2.45) is 5.92 Å². The molecule has 0 radical (unpaired) electrons. The Morgan fingerprint density at radius 2 is 2.10 bits per heavy atom. The number of pyridine rings is 1. The number of fused-ring (bicyclic) bond motifs is 1. The SMILES string of the molecule is CC(NC1CC(C)N(C)CC1C)c1nnc2ccccn12. The predicted octanol–water partition coefficient (Wildman–Crippen LogP) is 2.11. The summed E-state index contributed by atoms with van der Waals surface area (Å²) in [6.45, 7) is 7.96. The van der Waals surface area contributed by atoms with Gasteiger partial charge in [-0.15, -0.1) is 10.2 Å². The summed E-state index contributed by atoms with van der Waals surface area (Å²) in [7, 11) is 2.22. The average molecular weight is 287 g/mol. The highest BCUT2D eigenvalue weighted by Gasteiger charge is 2.30. The van der Waals surface area contributed by atoms with E-state index in [9.17, 15) is 0 Å². The van der Waals surface area contributed by atoms with Gasteiger partial charge < -0.3 is 10.2 Å². The number of piperidine rings is 1. The number of aromatic nitrogens is 3. The lowest BCUT2D eigenvalue weighted by Gasteiger charge is -2.41. The molecule has 0 saturated carbocycles. The van der Waals surface area contributed by atoms with Gasteiger partial charge in [0, 0.05) is 24.8 Å². The number of nitrogens with zero attached hydrogens (tertiary/aromatic N) is 4. The minimum atomic E-state index is 0.199. The van der Waals surface area contributed by atoms with Gasteiger partial charge in [-0.2, -0.15) is 0 Å². The summed E-state index contributed by atoms with van der Waals surface area (Å²) in [6.07, 6.45) is 3.21. The standard InChI is InChI=1S/C16H25N5/c1-11-10-20(4)12(2)9-14(11)17-13(3)16-19-18-15-7-5-6-8-21(15)16/h5-8,11-14,17H,9-10H2,1-4H3. The molecular formula is C16H25N5. The van der Waals surface area contributed by atoms with E-state index in [1.165, 1.54) is 6.42 Å². The number of nitrogens with one attached hydrogen (secondary N) is 1. The van der Waals surface area contributed by atoms with Gasteiger partial charge in [-0.3, -0.25) is 4.40 Å². The molecule has 1 saturated heterocycles. The van der Waals surface area contributed by atoms with E-state index in [1.54, 1.807) is 0 Å². The van der Waals surface area contributed by atoms with Crippen molar-refractivity contribution < 1.29 is 0 Å². The van der Waals surface area contributed by atoms with Gasteiger partial charge in [0.2, 0.25) is 0 Å². The zero-order valence-electron chi connectivity index (χ0n) is 13.3.